The molecule has 36 heavy (non-hydrogen) atoms. The van der Waals surface area contributed by atoms with E-state index in [4.69, 9.17) is 39.0 Å². The summed E-state index contributed by atoms with van der Waals surface area (Å²) >= 11 is 13.7. The van der Waals surface area contributed by atoms with Crippen LogP contribution in [0.5, 0.6) is 0 Å². The maximum Gasteiger partial charge on any atom is 0.225 e. The zero-order valence-electron chi connectivity index (χ0n) is 20.4. The van der Waals surface area contributed by atoms with Crippen LogP contribution in [0.4, 0.5) is 0 Å². The molecule has 2 unspecified atom stereocenters. The molecule has 0 aromatic heterocycles. The van der Waals surface area contributed by atoms with Crippen molar-refractivity contribution < 1.29 is 0 Å². The van der Waals surface area contributed by atoms with E-state index < -0.39 is 0 Å². The maximum atomic E-state index is 6.19. The van der Waals surface area contributed by atoms with E-state index in [1.807, 2.05) is 59.6 Å². The average molecular weight is 541 g/mol. The van der Waals surface area contributed by atoms with Gasteiger partial charge in [0.2, 0.25) is 5.96 Å². The number of nitrogens with zero attached hydrogens (tertiary/aromatic N) is 3. The van der Waals surface area contributed by atoms with Crippen LogP contribution < -0.4 is 10.5 Å². The van der Waals surface area contributed by atoms with Gasteiger partial charge in [-0.2, -0.15) is 5.10 Å². The lowest BCUT2D eigenvalue weighted by atomic mass is 9.86. The molecule has 1 aliphatic rings. The van der Waals surface area contributed by atoms with Crippen LogP contribution in [0.25, 0.3) is 0 Å². The Labute approximate surface area is 227 Å². The van der Waals surface area contributed by atoms with Crippen molar-refractivity contribution in [1.82, 2.24) is 9.73 Å². The predicted octanol–water partition coefficient (Wildman–Crippen LogP) is 6.82. The van der Waals surface area contributed by atoms with Crippen molar-refractivity contribution in [3.63, 3.8) is 0 Å². The van der Waals surface area contributed by atoms with Crippen LogP contribution >= 0.6 is 35.1 Å². The Morgan fingerprint density at radius 1 is 1.03 bits per heavy atom. The van der Waals surface area contributed by atoms with Gasteiger partial charge < -0.3 is 5.73 Å². The molecule has 3 N–H and O–H groups in total. The third-order valence-electron chi connectivity index (χ3n) is 6.15. The molecule has 5 nitrogen and oxygen atoms in total. The van der Waals surface area contributed by atoms with Crippen molar-refractivity contribution in [2.45, 2.75) is 37.1 Å². The first kappa shape index (κ1) is 26.6. The van der Waals surface area contributed by atoms with E-state index in [2.05, 4.69) is 42.8 Å². The number of halogens is 2. The smallest absolute Gasteiger partial charge is 0.225 e. The molecule has 4 rings (SSSR count). The van der Waals surface area contributed by atoms with Gasteiger partial charge in [0.05, 0.1) is 11.8 Å². The minimum atomic E-state index is -0.0284. The SMILES string of the molecule is CC(C)C(CN)N=C(NSc1ccc(Cl)cc1)N1CCC(c2ccccc2)C(c2ccc(Cl)cc2)=N1. The monoisotopic (exact) mass is 539 g/mol. The van der Waals surface area contributed by atoms with Gasteiger partial charge in [0.15, 0.2) is 0 Å². The van der Waals surface area contributed by atoms with Gasteiger partial charge in [-0.25, -0.2) is 10.0 Å². The molecule has 0 saturated heterocycles. The molecule has 1 heterocycles. The third kappa shape index (κ3) is 6.83. The summed E-state index contributed by atoms with van der Waals surface area (Å²) in [5.74, 6) is 1.16. The maximum absolute atomic E-state index is 6.19. The summed E-state index contributed by atoms with van der Waals surface area (Å²) in [5.41, 5.74) is 9.36. The lowest BCUT2D eigenvalue weighted by Gasteiger charge is -2.32. The highest BCUT2D eigenvalue weighted by molar-refractivity contribution is 7.98. The van der Waals surface area contributed by atoms with Crippen LogP contribution in [-0.2, 0) is 0 Å². The predicted molar refractivity (Wildman–Crippen MR) is 154 cm³/mol. The summed E-state index contributed by atoms with van der Waals surface area (Å²) in [6.07, 6.45) is 0.896. The van der Waals surface area contributed by atoms with Gasteiger partial charge in [-0.05, 0) is 71.8 Å². The zero-order chi connectivity index (χ0) is 25.5. The Morgan fingerprint density at radius 3 is 2.28 bits per heavy atom. The van der Waals surface area contributed by atoms with E-state index >= 15 is 0 Å². The molecule has 0 bridgehead atoms. The van der Waals surface area contributed by atoms with Crippen LogP contribution in [0.3, 0.4) is 0 Å². The first-order valence-electron chi connectivity index (χ1n) is 12.1. The first-order chi connectivity index (χ1) is 17.4. The molecule has 3 aromatic rings. The van der Waals surface area contributed by atoms with Crippen LogP contribution in [0, 0.1) is 5.92 Å². The van der Waals surface area contributed by atoms with Crippen LogP contribution in [-0.4, -0.2) is 35.8 Å². The number of hydrazone groups is 1. The molecule has 1 aliphatic heterocycles. The molecule has 0 spiro atoms. The van der Waals surface area contributed by atoms with Crippen LogP contribution in [0.1, 0.15) is 37.3 Å². The van der Waals surface area contributed by atoms with E-state index in [9.17, 15) is 0 Å². The summed E-state index contributed by atoms with van der Waals surface area (Å²) in [4.78, 5) is 6.05. The van der Waals surface area contributed by atoms with E-state index in [1.165, 1.54) is 17.5 Å². The lowest BCUT2D eigenvalue weighted by Crippen LogP contribution is -2.42. The highest BCUT2D eigenvalue weighted by Gasteiger charge is 2.28. The molecule has 0 aliphatic carbocycles. The third-order valence-corrected chi connectivity index (χ3v) is 7.44. The van der Waals surface area contributed by atoms with Gasteiger partial charge in [-0.1, -0.05) is 79.5 Å². The minimum absolute atomic E-state index is 0.0284. The molecule has 0 saturated carbocycles. The summed E-state index contributed by atoms with van der Waals surface area (Å²) < 4.78 is 3.45. The molecule has 0 fully saturated rings. The van der Waals surface area contributed by atoms with Crippen molar-refractivity contribution >= 4 is 46.8 Å². The number of nitrogens with two attached hydrogens (primary N) is 1. The van der Waals surface area contributed by atoms with Crippen molar-refractivity contribution in [2.75, 3.05) is 13.1 Å². The minimum Gasteiger partial charge on any atom is -0.328 e. The number of hydrogen-bond donors (Lipinski definition) is 2. The van der Waals surface area contributed by atoms with Gasteiger partial charge in [0.25, 0.3) is 0 Å². The van der Waals surface area contributed by atoms with E-state index in [0.717, 1.165) is 29.1 Å². The fraction of sp³-hybridized carbons (Fsp3) is 0.286. The Morgan fingerprint density at radius 2 is 1.67 bits per heavy atom. The Balaban J connectivity index is 1.71. The fourth-order valence-electron chi connectivity index (χ4n) is 4.06. The van der Waals surface area contributed by atoms with Crippen LogP contribution in [0.2, 0.25) is 10.0 Å². The zero-order valence-corrected chi connectivity index (χ0v) is 22.8. The van der Waals surface area contributed by atoms with E-state index in [0.29, 0.717) is 28.5 Å². The van der Waals surface area contributed by atoms with Gasteiger partial charge in [0.1, 0.15) is 0 Å². The van der Waals surface area contributed by atoms with E-state index in [1.54, 1.807) is 0 Å². The molecule has 2 atom stereocenters. The van der Waals surface area contributed by atoms with Crippen molar-refractivity contribution in [3.8, 4) is 0 Å². The number of benzene rings is 3. The Bertz CT molecular complexity index is 1180. The summed E-state index contributed by atoms with van der Waals surface area (Å²) in [7, 11) is 0. The van der Waals surface area contributed by atoms with Gasteiger partial charge in [0, 0.05) is 33.9 Å². The Kier molecular flexibility index (Phi) is 9.32. The Hall–Kier alpha value is -2.51. The summed E-state index contributed by atoms with van der Waals surface area (Å²) in [6.45, 7) is 5.45. The second-order valence-electron chi connectivity index (χ2n) is 9.03. The van der Waals surface area contributed by atoms with Crippen molar-refractivity contribution in [2.24, 2.45) is 21.7 Å². The number of nitrogens with one attached hydrogen (secondary N) is 1. The quantitative estimate of drug-likeness (QED) is 0.196. The molecule has 8 heteroatoms. The fourth-order valence-corrected chi connectivity index (χ4v) is 4.96. The topological polar surface area (TPSA) is 66.0 Å². The standard InChI is InChI=1S/C28H31Cl2N5S/c1-19(2)26(18-31)32-28(34-36-24-14-12-23(30)13-15-24)35-17-16-25(20-6-4-3-5-7-20)27(33-35)21-8-10-22(29)11-9-21/h3-15,19,25-26H,16-18,31H2,1-2H3,(H,32,34). The van der Waals surface area contributed by atoms with Crippen molar-refractivity contribution in [1.29, 1.82) is 0 Å². The highest BCUT2D eigenvalue weighted by Crippen LogP contribution is 2.30. The molecule has 0 radical (unpaired) electrons. The highest BCUT2D eigenvalue weighted by atomic mass is 35.5. The summed E-state index contributed by atoms with van der Waals surface area (Å²) in [6, 6.07) is 26.1. The molecule has 0 amide bonds. The lowest BCUT2D eigenvalue weighted by molar-refractivity contribution is 0.388. The average Bonchev–Trinajstić information content (AvgIpc) is 2.90. The van der Waals surface area contributed by atoms with Gasteiger partial charge in [-0.15, -0.1) is 0 Å². The first-order valence-corrected chi connectivity index (χ1v) is 13.6. The normalized spacial score (nSPS) is 17.2. The largest absolute Gasteiger partial charge is 0.328 e. The molecular formula is C28H31Cl2N5S. The number of guanidine groups is 1. The molecule has 3 aromatic carbocycles. The van der Waals surface area contributed by atoms with Crippen molar-refractivity contribution in [3.05, 3.63) is 100 Å². The molecular weight excluding hydrogens is 509 g/mol. The molecule has 188 valence electrons. The number of aliphatic imine (C=N–C) groups is 1. The number of rotatable bonds is 7. The second kappa shape index (κ2) is 12.6. The second-order valence-corrected chi connectivity index (χ2v) is 10.8. The van der Waals surface area contributed by atoms with Gasteiger partial charge in [-0.3, -0.25) is 4.72 Å². The van der Waals surface area contributed by atoms with Gasteiger partial charge >= 0.3 is 0 Å². The van der Waals surface area contributed by atoms with Crippen LogP contribution in [0.15, 0.2) is 93.9 Å². The number of hydrogen-bond acceptors (Lipinski definition) is 4. The summed E-state index contributed by atoms with van der Waals surface area (Å²) in [5, 5.41) is 8.53. The van der Waals surface area contributed by atoms with E-state index in [-0.39, 0.29) is 12.0 Å².